The summed E-state index contributed by atoms with van der Waals surface area (Å²) in [6, 6.07) is 8.07. The molecule has 1 saturated heterocycles. The maximum absolute atomic E-state index is 12.3. The summed E-state index contributed by atoms with van der Waals surface area (Å²) in [5.41, 5.74) is 2.37. The van der Waals surface area contributed by atoms with Crippen LogP contribution in [0.3, 0.4) is 0 Å². The van der Waals surface area contributed by atoms with Crippen LogP contribution in [0.25, 0.3) is 0 Å². The molecule has 2 aromatic rings. The lowest BCUT2D eigenvalue weighted by Crippen LogP contribution is -2.41. The van der Waals surface area contributed by atoms with Crippen molar-refractivity contribution in [3.63, 3.8) is 0 Å². The van der Waals surface area contributed by atoms with Gasteiger partial charge in [-0.1, -0.05) is 12.5 Å². The van der Waals surface area contributed by atoms with Crippen LogP contribution in [0.15, 0.2) is 35.0 Å². The van der Waals surface area contributed by atoms with Gasteiger partial charge >= 0.3 is 0 Å². The Morgan fingerprint density at radius 1 is 1.22 bits per heavy atom. The molecule has 1 N–H and O–H groups in total. The molecule has 1 atom stereocenters. The number of carbonyl (C=O) groups excluding carboxylic acids is 1. The topological polar surface area (TPSA) is 50.8 Å². The Balaban J connectivity index is 1.55. The van der Waals surface area contributed by atoms with Crippen molar-refractivity contribution in [1.82, 2.24) is 10.2 Å². The summed E-state index contributed by atoms with van der Waals surface area (Å²) < 4.78 is 11.0. The fourth-order valence-corrected chi connectivity index (χ4v) is 4.16. The molecule has 1 aromatic heterocycles. The van der Waals surface area contributed by atoms with Gasteiger partial charge in [0.05, 0.1) is 13.2 Å². The fourth-order valence-electron chi connectivity index (χ4n) is 3.45. The first kappa shape index (κ1) is 19.7. The zero-order valence-electron chi connectivity index (χ0n) is 16.1. The second kappa shape index (κ2) is 9.76. The predicted molar refractivity (Wildman–Crippen MR) is 109 cm³/mol. The second-order valence-corrected chi connectivity index (χ2v) is 7.70. The fraction of sp³-hybridized carbons (Fsp3) is 0.476. The van der Waals surface area contributed by atoms with Crippen molar-refractivity contribution in [1.29, 1.82) is 0 Å². The lowest BCUT2D eigenvalue weighted by atomic mass is 10.0. The highest BCUT2D eigenvalue weighted by molar-refractivity contribution is 7.07. The number of methoxy groups -OCH3 is 1. The summed E-state index contributed by atoms with van der Waals surface area (Å²) in [7, 11) is 1.60. The normalized spacial score (nSPS) is 15.9. The van der Waals surface area contributed by atoms with Crippen LogP contribution in [0.4, 0.5) is 0 Å². The monoisotopic (exact) mass is 388 g/mol. The smallest absolute Gasteiger partial charge is 0.258 e. The highest BCUT2D eigenvalue weighted by Gasteiger charge is 2.23. The number of amides is 1. The van der Waals surface area contributed by atoms with E-state index in [0.717, 1.165) is 18.7 Å². The maximum Gasteiger partial charge on any atom is 0.258 e. The number of likely N-dealkylation sites (tertiary alicyclic amines) is 1. The minimum absolute atomic E-state index is 0.0181. The van der Waals surface area contributed by atoms with Crippen LogP contribution >= 0.6 is 11.3 Å². The molecule has 146 valence electrons. The maximum atomic E-state index is 12.3. The summed E-state index contributed by atoms with van der Waals surface area (Å²) >= 11 is 1.70. The van der Waals surface area contributed by atoms with E-state index < -0.39 is 0 Å². The van der Waals surface area contributed by atoms with E-state index in [0.29, 0.717) is 18.0 Å². The third-order valence-electron chi connectivity index (χ3n) is 4.93. The standard InChI is InChI=1S/C21H28N2O3S/c1-16-6-7-19(20(12-16)25-2)26-14-21(24)22-13-18(17-8-11-27-15-17)23-9-4-3-5-10-23/h6-8,11-12,15,18H,3-5,9-10,13-14H2,1-2H3,(H,22,24). The second-order valence-electron chi connectivity index (χ2n) is 6.92. The molecular formula is C21H28N2O3S. The quantitative estimate of drug-likeness (QED) is 0.748. The first-order chi connectivity index (χ1) is 13.2. The Kier molecular flexibility index (Phi) is 7.12. The van der Waals surface area contributed by atoms with Crippen molar-refractivity contribution in [2.45, 2.75) is 32.2 Å². The Morgan fingerprint density at radius 3 is 2.74 bits per heavy atom. The van der Waals surface area contributed by atoms with Crippen molar-refractivity contribution in [3.05, 3.63) is 46.2 Å². The van der Waals surface area contributed by atoms with Gasteiger partial charge in [-0.2, -0.15) is 11.3 Å². The Bertz CT molecular complexity index is 727. The van der Waals surface area contributed by atoms with Gasteiger partial charge in [0.1, 0.15) is 0 Å². The molecule has 2 heterocycles. The molecule has 6 heteroatoms. The molecule has 1 aliphatic rings. The molecular weight excluding hydrogens is 360 g/mol. The van der Waals surface area contributed by atoms with Gasteiger partial charge in [0.15, 0.2) is 18.1 Å². The minimum Gasteiger partial charge on any atom is -0.493 e. The van der Waals surface area contributed by atoms with Crippen LogP contribution in [0.1, 0.15) is 36.4 Å². The predicted octanol–water partition coefficient (Wildman–Crippen LogP) is 3.79. The van der Waals surface area contributed by atoms with Gasteiger partial charge < -0.3 is 14.8 Å². The van der Waals surface area contributed by atoms with Gasteiger partial charge in [0.25, 0.3) is 5.91 Å². The van der Waals surface area contributed by atoms with Crippen LogP contribution in [-0.4, -0.2) is 44.2 Å². The lowest BCUT2D eigenvalue weighted by Gasteiger charge is -2.34. The van der Waals surface area contributed by atoms with E-state index in [1.54, 1.807) is 18.4 Å². The SMILES string of the molecule is COc1cc(C)ccc1OCC(=O)NCC(c1ccsc1)N1CCCCC1. The summed E-state index contributed by atoms with van der Waals surface area (Å²) in [5, 5.41) is 7.32. The Hall–Kier alpha value is -2.05. The number of thiophene rings is 1. The molecule has 0 spiro atoms. The number of carbonyl (C=O) groups is 1. The molecule has 1 unspecified atom stereocenters. The first-order valence-electron chi connectivity index (χ1n) is 9.47. The number of benzene rings is 1. The van der Waals surface area contributed by atoms with Crippen molar-refractivity contribution in [2.75, 3.05) is 33.4 Å². The molecule has 0 saturated carbocycles. The molecule has 0 aliphatic carbocycles. The molecule has 3 rings (SSSR count). The van der Waals surface area contributed by atoms with E-state index in [-0.39, 0.29) is 18.6 Å². The van der Waals surface area contributed by atoms with Crippen LogP contribution in [0, 0.1) is 6.92 Å². The number of aryl methyl sites for hydroxylation is 1. The highest BCUT2D eigenvalue weighted by Crippen LogP contribution is 2.28. The number of hydrogen-bond donors (Lipinski definition) is 1. The average Bonchev–Trinajstić information content (AvgIpc) is 3.22. The Morgan fingerprint density at radius 2 is 2.04 bits per heavy atom. The van der Waals surface area contributed by atoms with E-state index in [4.69, 9.17) is 9.47 Å². The average molecular weight is 389 g/mol. The largest absolute Gasteiger partial charge is 0.493 e. The number of piperidine rings is 1. The number of ether oxygens (including phenoxy) is 2. The van der Waals surface area contributed by atoms with E-state index in [1.165, 1.54) is 24.8 Å². The van der Waals surface area contributed by atoms with Gasteiger partial charge in [0.2, 0.25) is 0 Å². The molecule has 1 fully saturated rings. The van der Waals surface area contributed by atoms with Gasteiger partial charge in [-0.15, -0.1) is 0 Å². The molecule has 5 nitrogen and oxygen atoms in total. The van der Waals surface area contributed by atoms with Gasteiger partial charge in [-0.25, -0.2) is 0 Å². The molecule has 1 aromatic carbocycles. The van der Waals surface area contributed by atoms with E-state index in [2.05, 4.69) is 27.0 Å². The van der Waals surface area contributed by atoms with Gasteiger partial charge in [0, 0.05) is 6.54 Å². The molecule has 1 aliphatic heterocycles. The third-order valence-corrected chi connectivity index (χ3v) is 5.63. The number of nitrogens with zero attached hydrogens (tertiary/aromatic N) is 1. The number of rotatable bonds is 8. The summed E-state index contributed by atoms with van der Waals surface area (Å²) in [6.45, 7) is 4.75. The van der Waals surface area contributed by atoms with Gasteiger partial charge in [-0.05, 0) is 72.9 Å². The van der Waals surface area contributed by atoms with E-state index in [1.807, 2.05) is 25.1 Å². The number of nitrogens with one attached hydrogen (secondary N) is 1. The highest BCUT2D eigenvalue weighted by atomic mass is 32.1. The van der Waals surface area contributed by atoms with E-state index in [9.17, 15) is 4.79 Å². The van der Waals surface area contributed by atoms with Crippen molar-refractivity contribution in [3.8, 4) is 11.5 Å². The number of hydrogen-bond acceptors (Lipinski definition) is 5. The molecule has 27 heavy (non-hydrogen) atoms. The van der Waals surface area contributed by atoms with Gasteiger partial charge in [-0.3, -0.25) is 9.69 Å². The Labute approximate surface area is 165 Å². The zero-order valence-corrected chi connectivity index (χ0v) is 16.9. The van der Waals surface area contributed by atoms with Crippen LogP contribution in [0.5, 0.6) is 11.5 Å². The van der Waals surface area contributed by atoms with Crippen LogP contribution < -0.4 is 14.8 Å². The summed E-state index contributed by atoms with van der Waals surface area (Å²) in [4.78, 5) is 14.8. The van der Waals surface area contributed by atoms with Crippen molar-refractivity contribution >= 4 is 17.2 Å². The summed E-state index contributed by atoms with van der Waals surface area (Å²) in [5.74, 6) is 1.12. The third kappa shape index (κ3) is 5.47. The molecule has 0 bridgehead atoms. The lowest BCUT2D eigenvalue weighted by molar-refractivity contribution is -0.123. The minimum atomic E-state index is -0.116. The van der Waals surface area contributed by atoms with Crippen LogP contribution in [-0.2, 0) is 4.79 Å². The van der Waals surface area contributed by atoms with Crippen molar-refractivity contribution in [2.24, 2.45) is 0 Å². The van der Waals surface area contributed by atoms with Crippen molar-refractivity contribution < 1.29 is 14.3 Å². The van der Waals surface area contributed by atoms with E-state index >= 15 is 0 Å². The molecule has 1 amide bonds. The van der Waals surface area contributed by atoms with Crippen LogP contribution in [0.2, 0.25) is 0 Å². The molecule has 0 radical (unpaired) electrons. The first-order valence-corrected chi connectivity index (χ1v) is 10.4. The zero-order chi connectivity index (χ0) is 19.1. The summed E-state index contributed by atoms with van der Waals surface area (Å²) in [6.07, 6.45) is 3.75.